The Morgan fingerprint density at radius 2 is 1.44 bits per heavy atom. The number of benzene rings is 4. The molecule has 0 aliphatic carbocycles. The Morgan fingerprint density at radius 1 is 0.822 bits per heavy atom. The second-order valence-corrected chi connectivity index (χ2v) is 13.6. The Morgan fingerprint density at radius 3 is 2.07 bits per heavy atom. The van der Waals surface area contributed by atoms with Crippen LogP contribution < -0.4 is 9.62 Å². The summed E-state index contributed by atoms with van der Waals surface area (Å²) in [6, 6.07) is 27.0. The lowest BCUT2D eigenvalue weighted by atomic mass is 10.0. The van der Waals surface area contributed by atoms with E-state index in [1.807, 2.05) is 75.4 Å². The van der Waals surface area contributed by atoms with Crippen LogP contribution >= 0.6 is 23.2 Å². The monoisotopic (exact) mass is 665 g/mol. The lowest BCUT2D eigenvalue weighted by molar-refractivity contribution is -0.140. The zero-order valence-corrected chi connectivity index (χ0v) is 27.9. The van der Waals surface area contributed by atoms with Gasteiger partial charge < -0.3 is 10.2 Å². The van der Waals surface area contributed by atoms with Crippen LogP contribution in [0.4, 0.5) is 5.69 Å². The van der Waals surface area contributed by atoms with Crippen molar-refractivity contribution in [1.82, 2.24) is 10.2 Å². The first-order valence-corrected chi connectivity index (χ1v) is 16.9. The maximum atomic E-state index is 14.5. The number of rotatable bonds is 13. The van der Waals surface area contributed by atoms with Gasteiger partial charge in [0.15, 0.2) is 0 Å². The molecule has 0 fully saturated rings. The predicted molar refractivity (Wildman–Crippen MR) is 181 cm³/mol. The van der Waals surface area contributed by atoms with E-state index in [0.29, 0.717) is 13.0 Å². The number of hydrogen-bond acceptors (Lipinski definition) is 4. The van der Waals surface area contributed by atoms with E-state index in [9.17, 15) is 18.0 Å². The molecule has 0 aliphatic heterocycles. The van der Waals surface area contributed by atoms with Gasteiger partial charge in [0.25, 0.3) is 10.0 Å². The summed E-state index contributed by atoms with van der Waals surface area (Å²) in [5.74, 6) is -0.898. The van der Waals surface area contributed by atoms with E-state index in [4.69, 9.17) is 23.2 Å². The van der Waals surface area contributed by atoms with E-state index < -0.39 is 28.5 Å². The number of amides is 2. The van der Waals surface area contributed by atoms with Gasteiger partial charge in [-0.2, -0.15) is 0 Å². The molecule has 4 rings (SSSR count). The molecule has 2 amide bonds. The third-order valence-corrected chi connectivity index (χ3v) is 9.69. The first kappa shape index (κ1) is 34.0. The highest BCUT2D eigenvalue weighted by Crippen LogP contribution is 2.33. The second kappa shape index (κ2) is 15.4. The number of anilines is 1. The molecule has 0 saturated heterocycles. The first-order valence-electron chi connectivity index (χ1n) is 14.7. The quantitative estimate of drug-likeness (QED) is 0.167. The van der Waals surface area contributed by atoms with Crippen molar-refractivity contribution in [3.05, 3.63) is 129 Å². The van der Waals surface area contributed by atoms with Crippen molar-refractivity contribution in [2.24, 2.45) is 0 Å². The highest BCUT2D eigenvalue weighted by molar-refractivity contribution is 7.92. The van der Waals surface area contributed by atoms with Gasteiger partial charge in [-0.1, -0.05) is 108 Å². The summed E-state index contributed by atoms with van der Waals surface area (Å²) in [7, 11) is -4.29. The minimum absolute atomic E-state index is 0.0106. The van der Waals surface area contributed by atoms with Crippen molar-refractivity contribution in [2.75, 3.05) is 17.4 Å². The van der Waals surface area contributed by atoms with Gasteiger partial charge in [0.2, 0.25) is 11.8 Å². The van der Waals surface area contributed by atoms with Crippen molar-refractivity contribution < 1.29 is 18.0 Å². The summed E-state index contributed by atoms with van der Waals surface area (Å²) in [6.07, 6.45) is 0.947. The standard InChI is InChI=1S/C35H37Cl2N3O4S/c1-4-20-38-35(42)33(21-27-8-6-5-7-9-27)39(23-28-14-10-25(2)11-15-28)34(41)24-40(32-22-29(36)16-19-31(32)37)45(43,44)30-17-12-26(3)13-18-30/h5-19,22,33H,4,20-21,23-24H2,1-3H3,(H,38,42)/t33-/m1/s1. The zero-order valence-electron chi connectivity index (χ0n) is 25.5. The van der Waals surface area contributed by atoms with Crippen LogP contribution in [0.5, 0.6) is 0 Å². The zero-order chi connectivity index (χ0) is 32.6. The molecule has 10 heteroatoms. The van der Waals surface area contributed by atoms with Gasteiger partial charge in [-0.25, -0.2) is 8.42 Å². The third-order valence-electron chi connectivity index (χ3n) is 7.36. The van der Waals surface area contributed by atoms with Gasteiger partial charge in [-0.15, -0.1) is 0 Å². The van der Waals surface area contributed by atoms with Crippen LogP contribution in [-0.2, 0) is 32.6 Å². The molecule has 0 spiro atoms. The fourth-order valence-electron chi connectivity index (χ4n) is 4.84. The summed E-state index contributed by atoms with van der Waals surface area (Å²) < 4.78 is 29.3. The van der Waals surface area contributed by atoms with E-state index in [-0.39, 0.29) is 39.5 Å². The van der Waals surface area contributed by atoms with E-state index >= 15 is 0 Å². The van der Waals surface area contributed by atoms with Crippen molar-refractivity contribution in [1.29, 1.82) is 0 Å². The summed E-state index contributed by atoms with van der Waals surface area (Å²) in [4.78, 5) is 29.7. The molecule has 1 N–H and O–H groups in total. The second-order valence-electron chi connectivity index (χ2n) is 10.9. The molecule has 4 aromatic carbocycles. The maximum Gasteiger partial charge on any atom is 0.264 e. The molecule has 0 unspecified atom stereocenters. The molecule has 1 atom stereocenters. The summed E-state index contributed by atoms with van der Waals surface area (Å²) in [5, 5.41) is 3.30. The van der Waals surface area contributed by atoms with Crippen LogP contribution in [0.2, 0.25) is 10.0 Å². The Balaban J connectivity index is 1.82. The largest absolute Gasteiger partial charge is 0.354 e. The molecule has 236 valence electrons. The molecule has 0 aromatic heterocycles. The third kappa shape index (κ3) is 8.87. The normalized spacial score (nSPS) is 11.9. The van der Waals surface area contributed by atoms with Crippen LogP contribution in [0.25, 0.3) is 0 Å². The van der Waals surface area contributed by atoms with Crippen molar-refractivity contribution >= 4 is 50.7 Å². The fourth-order valence-corrected chi connectivity index (χ4v) is 6.70. The molecule has 0 saturated carbocycles. The fraction of sp³-hybridized carbons (Fsp3) is 0.257. The Bertz CT molecular complexity index is 1710. The van der Waals surface area contributed by atoms with E-state index in [2.05, 4.69) is 5.32 Å². The lowest BCUT2D eigenvalue weighted by Crippen LogP contribution is -2.53. The molecule has 0 heterocycles. The number of aryl methyl sites for hydroxylation is 2. The first-order chi connectivity index (χ1) is 21.5. The van der Waals surface area contributed by atoms with E-state index in [0.717, 1.165) is 26.6 Å². The van der Waals surface area contributed by atoms with Gasteiger partial charge >= 0.3 is 0 Å². The van der Waals surface area contributed by atoms with Crippen LogP contribution in [0.3, 0.4) is 0 Å². The van der Waals surface area contributed by atoms with Gasteiger partial charge in [-0.05, 0) is 61.7 Å². The van der Waals surface area contributed by atoms with Crippen LogP contribution in [0.15, 0.2) is 102 Å². The lowest BCUT2D eigenvalue weighted by Gasteiger charge is -2.34. The molecular formula is C35H37Cl2N3O4S. The summed E-state index contributed by atoms with van der Waals surface area (Å²) in [6.45, 7) is 5.66. The average Bonchev–Trinajstić information content (AvgIpc) is 3.03. The topological polar surface area (TPSA) is 86.8 Å². The van der Waals surface area contributed by atoms with Crippen LogP contribution in [0.1, 0.15) is 35.6 Å². The van der Waals surface area contributed by atoms with Gasteiger partial charge in [0.1, 0.15) is 12.6 Å². The maximum absolute atomic E-state index is 14.5. The van der Waals surface area contributed by atoms with Crippen LogP contribution in [0, 0.1) is 13.8 Å². The molecule has 45 heavy (non-hydrogen) atoms. The number of carbonyl (C=O) groups is 2. The molecule has 0 bridgehead atoms. The van der Waals surface area contributed by atoms with E-state index in [1.54, 1.807) is 18.2 Å². The molecule has 7 nitrogen and oxygen atoms in total. The number of nitrogens with one attached hydrogen (secondary N) is 1. The minimum atomic E-state index is -4.29. The minimum Gasteiger partial charge on any atom is -0.354 e. The Hall–Kier alpha value is -3.85. The average molecular weight is 667 g/mol. The molecular weight excluding hydrogens is 629 g/mol. The SMILES string of the molecule is CCCNC(=O)[C@@H](Cc1ccccc1)N(Cc1ccc(C)cc1)C(=O)CN(c1cc(Cl)ccc1Cl)S(=O)(=O)c1ccc(C)cc1. The van der Waals surface area contributed by atoms with E-state index in [1.165, 1.54) is 29.2 Å². The van der Waals surface area contributed by atoms with Crippen molar-refractivity contribution in [3.8, 4) is 0 Å². The number of sulfonamides is 1. The van der Waals surface area contributed by atoms with Crippen molar-refractivity contribution in [3.63, 3.8) is 0 Å². The number of halogens is 2. The molecule has 0 radical (unpaired) electrons. The van der Waals surface area contributed by atoms with Gasteiger partial charge in [-0.3, -0.25) is 13.9 Å². The smallest absolute Gasteiger partial charge is 0.264 e. The number of hydrogen-bond donors (Lipinski definition) is 1. The van der Waals surface area contributed by atoms with Crippen LogP contribution in [-0.4, -0.2) is 44.3 Å². The number of carbonyl (C=O) groups excluding carboxylic acids is 2. The summed E-state index contributed by atoms with van der Waals surface area (Å²) >= 11 is 12.8. The highest BCUT2D eigenvalue weighted by atomic mass is 35.5. The Kier molecular flexibility index (Phi) is 11.7. The highest BCUT2D eigenvalue weighted by Gasteiger charge is 2.35. The Labute approximate surface area is 275 Å². The summed E-state index contributed by atoms with van der Waals surface area (Å²) in [5.41, 5.74) is 3.64. The van der Waals surface area contributed by atoms with Crippen molar-refractivity contribution in [2.45, 2.75) is 51.1 Å². The van der Waals surface area contributed by atoms with Gasteiger partial charge in [0.05, 0.1) is 15.6 Å². The molecule has 4 aromatic rings. The van der Waals surface area contributed by atoms with Gasteiger partial charge in [0, 0.05) is 24.5 Å². The molecule has 0 aliphatic rings. The predicted octanol–water partition coefficient (Wildman–Crippen LogP) is 6.97. The number of nitrogens with zero attached hydrogens (tertiary/aromatic N) is 2.